The van der Waals surface area contributed by atoms with Crippen LogP contribution in [0.2, 0.25) is 0 Å². The Morgan fingerprint density at radius 3 is 2.45 bits per heavy atom. The number of H-pyrrole nitrogens is 1. The molecule has 22 heavy (non-hydrogen) atoms. The Kier molecular flexibility index (Phi) is 5.43. The Labute approximate surface area is 133 Å². The number of aromatic amines is 1. The number of carbonyl (C=O) groups is 1. The summed E-state index contributed by atoms with van der Waals surface area (Å²) in [5.41, 5.74) is 2.89. The molecular formula is C15H20N4O2S. The van der Waals surface area contributed by atoms with E-state index in [0.29, 0.717) is 5.16 Å². The first kappa shape index (κ1) is 16.4. The van der Waals surface area contributed by atoms with E-state index in [1.54, 1.807) is 7.05 Å². The van der Waals surface area contributed by atoms with Crippen LogP contribution in [0.5, 0.6) is 0 Å². The highest BCUT2D eigenvalue weighted by Crippen LogP contribution is 2.23. The lowest BCUT2D eigenvalue weighted by Crippen LogP contribution is -2.18. The lowest BCUT2D eigenvalue weighted by Gasteiger charge is -2.14. The first-order valence-electron chi connectivity index (χ1n) is 7.21. The number of nitrogens with zero attached hydrogens (tertiary/aromatic N) is 2. The Balaban J connectivity index is 2.06. The number of para-hydroxylation sites is 1. The zero-order valence-electron chi connectivity index (χ0n) is 13.0. The maximum absolute atomic E-state index is 12.2. The molecule has 1 amide bonds. The highest BCUT2D eigenvalue weighted by atomic mass is 32.2. The van der Waals surface area contributed by atoms with Crippen LogP contribution in [0.4, 0.5) is 5.69 Å². The average molecular weight is 320 g/mol. The van der Waals surface area contributed by atoms with Crippen LogP contribution < -0.4 is 11.0 Å². The van der Waals surface area contributed by atoms with Crippen molar-refractivity contribution >= 4 is 23.4 Å². The first-order valence-corrected chi connectivity index (χ1v) is 8.20. The second kappa shape index (κ2) is 7.31. The summed E-state index contributed by atoms with van der Waals surface area (Å²) in [4.78, 5) is 23.5. The predicted octanol–water partition coefficient (Wildman–Crippen LogP) is 1.96. The van der Waals surface area contributed by atoms with E-state index in [1.165, 1.54) is 16.3 Å². The Hall–Kier alpha value is -2.02. The summed E-state index contributed by atoms with van der Waals surface area (Å²) in [6.45, 7) is 4.14. The molecule has 0 unspecified atom stereocenters. The Morgan fingerprint density at radius 2 is 1.95 bits per heavy atom. The van der Waals surface area contributed by atoms with Crippen molar-refractivity contribution in [2.45, 2.75) is 31.8 Å². The van der Waals surface area contributed by atoms with Crippen LogP contribution in [0.3, 0.4) is 0 Å². The van der Waals surface area contributed by atoms with Crippen molar-refractivity contribution in [3.63, 3.8) is 0 Å². The van der Waals surface area contributed by atoms with Gasteiger partial charge in [-0.15, -0.1) is 5.10 Å². The molecular weight excluding hydrogens is 300 g/mol. The fourth-order valence-corrected chi connectivity index (χ4v) is 2.89. The number of aromatic nitrogens is 3. The van der Waals surface area contributed by atoms with E-state index in [1.807, 2.05) is 18.2 Å². The van der Waals surface area contributed by atoms with Crippen molar-refractivity contribution in [3.8, 4) is 0 Å². The molecule has 1 aromatic carbocycles. The second-order valence-electron chi connectivity index (χ2n) is 4.87. The molecule has 2 N–H and O–H groups in total. The number of anilines is 1. The zero-order chi connectivity index (χ0) is 16.1. The maximum Gasteiger partial charge on any atom is 0.343 e. The number of carbonyl (C=O) groups excluding carboxylic acids is 1. The lowest BCUT2D eigenvalue weighted by molar-refractivity contribution is -0.113. The summed E-state index contributed by atoms with van der Waals surface area (Å²) < 4.78 is 1.38. The van der Waals surface area contributed by atoms with E-state index >= 15 is 0 Å². The van der Waals surface area contributed by atoms with E-state index in [9.17, 15) is 9.59 Å². The highest BCUT2D eigenvalue weighted by molar-refractivity contribution is 7.99. The third kappa shape index (κ3) is 3.59. The standard InChI is InChI=1S/C15H20N4O2S/c1-4-10-7-6-8-11(5-2)13(10)16-12(20)9-22-15-18-17-14(21)19(15)3/h6-8H,4-5,9H2,1-3H3,(H,16,20)(H,17,21). The normalized spacial score (nSPS) is 10.7. The summed E-state index contributed by atoms with van der Waals surface area (Å²) in [5.74, 6) is 0.107. The van der Waals surface area contributed by atoms with E-state index in [0.717, 1.165) is 29.7 Å². The van der Waals surface area contributed by atoms with Gasteiger partial charge in [-0.25, -0.2) is 9.89 Å². The van der Waals surface area contributed by atoms with Crippen molar-refractivity contribution in [3.05, 3.63) is 39.8 Å². The van der Waals surface area contributed by atoms with Crippen LogP contribution in [-0.2, 0) is 24.7 Å². The number of benzene rings is 1. The van der Waals surface area contributed by atoms with Gasteiger partial charge in [-0.05, 0) is 24.0 Å². The van der Waals surface area contributed by atoms with Crippen molar-refractivity contribution < 1.29 is 4.79 Å². The van der Waals surface area contributed by atoms with Crippen LogP contribution in [0.25, 0.3) is 0 Å². The molecule has 1 heterocycles. The molecule has 2 rings (SSSR count). The molecule has 0 saturated heterocycles. The molecule has 0 atom stereocenters. The van der Waals surface area contributed by atoms with E-state index in [-0.39, 0.29) is 17.3 Å². The van der Waals surface area contributed by atoms with Gasteiger partial charge in [0, 0.05) is 12.7 Å². The molecule has 0 fully saturated rings. The topological polar surface area (TPSA) is 79.8 Å². The minimum absolute atomic E-state index is 0.101. The zero-order valence-corrected chi connectivity index (χ0v) is 13.8. The number of amides is 1. The van der Waals surface area contributed by atoms with E-state index in [2.05, 4.69) is 29.4 Å². The van der Waals surface area contributed by atoms with Crippen molar-refractivity contribution in [1.82, 2.24) is 14.8 Å². The van der Waals surface area contributed by atoms with Gasteiger partial charge in [0.15, 0.2) is 5.16 Å². The Morgan fingerprint density at radius 1 is 1.32 bits per heavy atom. The molecule has 0 radical (unpaired) electrons. The van der Waals surface area contributed by atoms with E-state index < -0.39 is 0 Å². The Bertz CT molecular complexity index is 698. The van der Waals surface area contributed by atoms with Gasteiger partial charge in [0.1, 0.15) is 0 Å². The van der Waals surface area contributed by atoms with Crippen molar-refractivity contribution in [2.75, 3.05) is 11.1 Å². The third-order valence-electron chi connectivity index (χ3n) is 3.43. The van der Waals surface area contributed by atoms with Crippen LogP contribution in [0.1, 0.15) is 25.0 Å². The van der Waals surface area contributed by atoms with Gasteiger partial charge in [-0.1, -0.05) is 43.8 Å². The summed E-state index contributed by atoms with van der Waals surface area (Å²) in [6.07, 6.45) is 1.73. The predicted molar refractivity (Wildman–Crippen MR) is 88.4 cm³/mol. The number of hydrogen-bond donors (Lipinski definition) is 2. The average Bonchev–Trinajstić information content (AvgIpc) is 2.84. The van der Waals surface area contributed by atoms with Gasteiger partial charge in [0.2, 0.25) is 5.91 Å². The molecule has 7 heteroatoms. The number of nitrogens with one attached hydrogen (secondary N) is 2. The SMILES string of the molecule is CCc1cccc(CC)c1NC(=O)CSc1n[nH]c(=O)n1C. The molecule has 0 bridgehead atoms. The smallest absolute Gasteiger partial charge is 0.325 e. The molecule has 0 aliphatic carbocycles. The molecule has 2 aromatic rings. The molecule has 0 aliphatic heterocycles. The second-order valence-corrected chi connectivity index (χ2v) is 5.81. The van der Waals surface area contributed by atoms with Crippen molar-refractivity contribution in [1.29, 1.82) is 0 Å². The van der Waals surface area contributed by atoms with Gasteiger partial charge in [-0.2, -0.15) is 0 Å². The lowest BCUT2D eigenvalue weighted by atomic mass is 10.0. The van der Waals surface area contributed by atoms with Crippen LogP contribution in [-0.4, -0.2) is 26.4 Å². The summed E-state index contributed by atoms with van der Waals surface area (Å²) in [6, 6.07) is 6.07. The van der Waals surface area contributed by atoms with Gasteiger partial charge in [0.25, 0.3) is 0 Å². The maximum atomic E-state index is 12.2. The fraction of sp³-hybridized carbons (Fsp3) is 0.400. The molecule has 0 spiro atoms. The number of hydrogen-bond acceptors (Lipinski definition) is 4. The van der Waals surface area contributed by atoms with Gasteiger partial charge in [0.05, 0.1) is 5.75 Å². The van der Waals surface area contributed by atoms with Crippen LogP contribution >= 0.6 is 11.8 Å². The number of rotatable bonds is 6. The van der Waals surface area contributed by atoms with Crippen LogP contribution in [0, 0.1) is 0 Å². The molecule has 6 nitrogen and oxygen atoms in total. The van der Waals surface area contributed by atoms with Gasteiger partial charge < -0.3 is 5.32 Å². The quantitative estimate of drug-likeness (QED) is 0.798. The highest BCUT2D eigenvalue weighted by Gasteiger charge is 2.12. The summed E-state index contributed by atoms with van der Waals surface area (Å²) in [5, 5.41) is 9.71. The molecule has 118 valence electrons. The van der Waals surface area contributed by atoms with Gasteiger partial charge in [-0.3, -0.25) is 9.36 Å². The first-order chi connectivity index (χ1) is 10.6. The summed E-state index contributed by atoms with van der Waals surface area (Å²) in [7, 11) is 1.62. The minimum Gasteiger partial charge on any atom is -0.325 e. The molecule has 0 saturated carbocycles. The fourth-order valence-electron chi connectivity index (χ4n) is 2.17. The minimum atomic E-state index is -0.285. The largest absolute Gasteiger partial charge is 0.343 e. The van der Waals surface area contributed by atoms with Crippen molar-refractivity contribution in [2.24, 2.45) is 7.05 Å². The molecule has 0 aliphatic rings. The van der Waals surface area contributed by atoms with Crippen LogP contribution in [0.15, 0.2) is 28.2 Å². The number of thioether (sulfide) groups is 1. The molecule has 1 aromatic heterocycles. The third-order valence-corrected chi connectivity index (χ3v) is 4.46. The summed E-state index contributed by atoms with van der Waals surface area (Å²) >= 11 is 1.23. The number of aryl methyl sites for hydroxylation is 2. The van der Waals surface area contributed by atoms with E-state index in [4.69, 9.17) is 0 Å². The monoisotopic (exact) mass is 320 g/mol. The van der Waals surface area contributed by atoms with Gasteiger partial charge >= 0.3 is 5.69 Å².